The maximum Gasteiger partial charge on any atom is 0.318 e. The number of hydrogen-bond donors (Lipinski definition) is 1. The fourth-order valence-electron chi connectivity index (χ4n) is 3.04. The van der Waals surface area contributed by atoms with Crippen molar-refractivity contribution in [3.8, 4) is 0 Å². The normalized spacial score (nSPS) is 17.7. The summed E-state index contributed by atoms with van der Waals surface area (Å²) in [5, 5.41) is 2.99. The Morgan fingerprint density at radius 1 is 1.43 bits per heavy atom. The third kappa shape index (κ3) is 3.59. The Bertz CT molecular complexity index is 662. The van der Waals surface area contributed by atoms with Crippen LogP contribution in [0.1, 0.15) is 36.0 Å². The SMILES string of the molecule is COCc1ccc(C2CCCN2C(=O)NCc2ccn(C)c2)o1. The number of aryl methyl sites for hydroxylation is 1. The van der Waals surface area contributed by atoms with E-state index in [4.69, 9.17) is 9.15 Å². The van der Waals surface area contributed by atoms with Crippen molar-refractivity contribution in [2.75, 3.05) is 13.7 Å². The number of hydrogen-bond acceptors (Lipinski definition) is 3. The number of carbonyl (C=O) groups is 1. The molecule has 2 aromatic rings. The molecule has 0 aliphatic carbocycles. The van der Waals surface area contributed by atoms with Gasteiger partial charge in [-0.05, 0) is 36.6 Å². The minimum Gasteiger partial charge on any atom is -0.461 e. The molecule has 1 aliphatic rings. The lowest BCUT2D eigenvalue weighted by Crippen LogP contribution is -2.39. The van der Waals surface area contributed by atoms with Gasteiger partial charge in [-0.2, -0.15) is 0 Å². The monoisotopic (exact) mass is 317 g/mol. The summed E-state index contributed by atoms with van der Waals surface area (Å²) in [6.45, 7) is 1.74. The van der Waals surface area contributed by atoms with Crippen LogP contribution in [0, 0.1) is 0 Å². The standard InChI is InChI=1S/C17H23N3O3/c1-19-9-7-13(11-19)10-18-17(21)20-8-3-4-15(20)16-6-5-14(23-16)12-22-2/h5-7,9,11,15H,3-4,8,10,12H2,1-2H3,(H,18,21). The fourth-order valence-corrected chi connectivity index (χ4v) is 3.04. The molecule has 0 spiro atoms. The average molecular weight is 317 g/mol. The summed E-state index contributed by atoms with van der Waals surface area (Å²) in [5.41, 5.74) is 1.09. The molecule has 1 atom stereocenters. The van der Waals surface area contributed by atoms with Gasteiger partial charge in [-0.1, -0.05) is 0 Å². The predicted molar refractivity (Wildman–Crippen MR) is 85.8 cm³/mol. The number of ether oxygens (including phenoxy) is 1. The smallest absolute Gasteiger partial charge is 0.318 e. The van der Waals surface area contributed by atoms with E-state index in [1.165, 1.54) is 0 Å². The number of likely N-dealkylation sites (tertiary alicyclic amines) is 1. The lowest BCUT2D eigenvalue weighted by Gasteiger charge is -2.23. The van der Waals surface area contributed by atoms with Crippen molar-refractivity contribution in [3.05, 3.63) is 47.7 Å². The molecule has 3 heterocycles. The van der Waals surface area contributed by atoms with Crippen LogP contribution in [0.2, 0.25) is 0 Å². The summed E-state index contributed by atoms with van der Waals surface area (Å²) in [7, 11) is 3.61. The first-order valence-electron chi connectivity index (χ1n) is 7.90. The zero-order valence-corrected chi connectivity index (χ0v) is 13.6. The predicted octanol–water partition coefficient (Wildman–Crippen LogP) is 2.81. The molecule has 1 fully saturated rings. The van der Waals surface area contributed by atoms with Gasteiger partial charge in [-0.15, -0.1) is 0 Å². The van der Waals surface area contributed by atoms with Crippen LogP contribution in [0.15, 0.2) is 35.0 Å². The molecule has 0 bridgehead atoms. The summed E-state index contributed by atoms with van der Waals surface area (Å²) in [6, 6.07) is 5.84. The van der Waals surface area contributed by atoms with E-state index < -0.39 is 0 Å². The number of furan rings is 1. The fraction of sp³-hybridized carbons (Fsp3) is 0.471. The summed E-state index contributed by atoms with van der Waals surface area (Å²) >= 11 is 0. The number of carbonyl (C=O) groups excluding carboxylic acids is 1. The van der Waals surface area contributed by atoms with E-state index in [9.17, 15) is 4.79 Å². The van der Waals surface area contributed by atoms with Crippen LogP contribution >= 0.6 is 0 Å². The van der Waals surface area contributed by atoms with Crippen LogP contribution in [0.5, 0.6) is 0 Å². The Morgan fingerprint density at radius 2 is 2.30 bits per heavy atom. The molecule has 124 valence electrons. The number of rotatable bonds is 5. The van der Waals surface area contributed by atoms with Crippen molar-refractivity contribution in [2.24, 2.45) is 7.05 Å². The number of nitrogens with one attached hydrogen (secondary N) is 1. The van der Waals surface area contributed by atoms with Crippen molar-refractivity contribution in [2.45, 2.75) is 32.0 Å². The Labute approximate surface area is 136 Å². The van der Waals surface area contributed by atoms with Crippen molar-refractivity contribution >= 4 is 6.03 Å². The van der Waals surface area contributed by atoms with Crippen LogP contribution in [-0.2, 0) is 24.9 Å². The molecule has 2 amide bonds. The molecular formula is C17H23N3O3. The van der Waals surface area contributed by atoms with Crippen molar-refractivity contribution in [1.82, 2.24) is 14.8 Å². The number of nitrogens with zero attached hydrogens (tertiary/aromatic N) is 2. The summed E-state index contributed by atoms with van der Waals surface area (Å²) in [5.74, 6) is 1.63. The van der Waals surface area contributed by atoms with Gasteiger partial charge < -0.3 is 23.9 Å². The highest BCUT2D eigenvalue weighted by Crippen LogP contribution is 2.33. The number of aromatic nitrogens is 1. The molecule has 23 heavy (non-hydrogen) atoms. The molecule has 1 aliphatic heterocycles. The van der Waals surface area contributed by atoms with Crippen molar-refractivity contribution in [1.29, 1.82) is 0 Å². The topological polar surface area (TPSA) is 59.6 Å². The first-order valence-corrected chi connectivity index (χ1v) is 7.90. The summed E-state index contributed by atoms with van der Waals surface area (Å²) in [6.07, 6.45) is 5.90. The highest BCUT2D eigenvalue weighted by atomic mass is 16.5. The first-order chi connectivity index (χ1) is 11.2. The lowest BCUT2D eigenvalue weighted by molar-refractivity contribution is 0.156. The van der Waals surface area contributed by atoms with E-state index >= 15 is 0 Å². The Morgan fingerprint density at radius 3 is 3.04 bits per heavy atom. The number of amides is 2. The zero-order chi connectivity index (χ0) is 16.2. The first kappa shape index (κ1) is 15.7. The minimum absolute atomic E-state index is 0.0105. The molecule has 6 heteroatoms. The Hall–Kier alpha value is -2.21. The molecule has 0 aromatic carbocycles. The molecule has 6 nitrogen and oxygen atoms in total. The van der Waals surface area contributed by atoms with Crippen molar-refractivity contribution < 1.29 is 13.9 Å². The van der Waals surface area contributed by atoms with Gasteiger partial charge in [0.15, 0.2) is 0 Å². The second-order valence-electron chi connectivity index (χ2n) is 5.93. The van der Waals surface area contributed by atoms with Crippen molar-refractivity contribution in [3.63, 3.8) is 0 Å². The molecule has 2 aromatic heterocycles. The number of urea groups is 1. The van der Waals surface area contributed by atoms with E-state index in [0.29, 0.717) is 13.2 Å². The van der Waals surface area contributed by atoms with E-state index in [1.54, 1.807) is 7.11 Å². The third-order valence-electron chi connectivity index (χ3n) is 4.15. The summed E-state index contributed by atoms with van der Waals surface area (Å²) < 4.78 is 12.9. The van der Waals surface area contributed by atoms with Gasteiger partial charge in [0.1, 0.15) is 18.1 Å². The molecule has 1 N–H and O–H groups in total. The second-order valence-corrected chi connectivity index (χ2v) is 5.93. The minimum atomic E-state index is -0.0407. The van der Waals surface area contributed by atoms with Crippen LogP contribution in [0.4, 0.5) is 4.79 Å². The molecule has 3 rings (SSSR count). The molecule has 1 unspecified atom stereocenters. The third-order valence-corrected chi connectivity index (χ3v) is 4.15. The van der Waals surface area contributed by atoms with E-state index in [0.717, 1.165) is 36.5 Å². The van der Waals surface area contributed by atoms with Gasteiger partial charge in [0.25, 0.3) is 0 Å². The van der Waals surface area contributed by atoms with Crippen LogP contribution in [0.25, 0.3) is 0 Å². The average Bonchev–Trinajstić information content (AvgIpc) is 3.24. The quantitative estimate of drug-likeness (QED) is 0.922. The number of methoxy groups -OCH3 is 1. The highest BCUT2D eigenvalue weighted by molar-refractivity contribution is 5.75. The van der Waals surface area contributed by atoms with Crippen LogP contribution in [0.3, 0.4) is 0 Å². The second kappa shape index (κ2) is 6.91. The lowest BCUT2D eigenvalue weighted by atomic mass is 10.2. The van der Waals surface area contributed by atoms with Gasteiger partial charge in [-0.25, -0.2) is 4.79 Å². The molecule has 1 saturated heterocycles. The van der Waals surface area contributed by atoms with Gasteiger partial charge in [0, 0.05) is 39.6 Å². The zero-order valence-electron chi connectivity index (χ0n) is 13.6. The van der Waals surface area contributed by atoms with E-state index in [-0.39, 0.29) is 12.1 Å². The van der Waals surface area contributed by atoms with E-state index in [2.05, 4.69) is 5.32 Å². The Kier molecular flexibility index (Phi) is 4.71. The maximum atomic E-state index is 12.5. The van der Waals surface area contributed by atoms with Crippen LogP contribution in [-0.4, -0.2) is 29.2 Å². The van der Waals surface area contributed by atoms with Gasteiger partial charge >= 0.3 is 6.03 Å². The van der Waals surface area contributed by atoms with Gasteiger partial charge in [0.2, 0.25) is 0 Å². The Balaban J connectivity index is 1.62. The van der Waals surface area contributed by atoms with Crippen LogP contribution < -0.4 is 5.32 Å². The largest absolute Gasteiger partial charge is 0.461 e. The van der Waals surface area contributed by atoms with Gasteiger partial charge in [-0.3, -0.25) is 0 Å². The molecule has 0 radical (unpaired) electrons. The molecular weight excluding hydrogens is 294 g/mol. The summed E-state index contributed by atoms with van der Waals surface area (Å²) in [4.78, 5) is 14.3. The molecule has 0 saturated carbocycles. The maximum absolute atomic E-state index is 12.5. The van der Waals surface area contributed by atoms with Gasteiger partial charge in [0.05, 0.1) is 6.04 Å². The van der Waals surface area contributed by atoms with E-state index in [1.807, 2.05) is 47.1 Å². The highest BCUT2D eigenvalue weighted by Gasteiger charge is 2.32.